The summed E-state index contributed by atoms with van der Waals surface area (Å²) in [6.07, 6.45) is 1.17. The van der Waals surface area contributed by atoms with Gasteiger partial charge in [-0.15, -0.1) is 0 Å². The summed E-state index contributed by atoms with van der Waals surface area (Å²) in [6.45, 7) is 1.57. The fourth-order valence-electron chi connectivity index (χ4n) is 1.73. The van der Waals surface area contributed by atoms with Gasteiger partial charge in [0.05, 0.1) is 13.2 Å². The quantitative estimate of drug-likeness (QED) is 0.742. The first-order chi connectivity index (χ1) is 8.58. The highest BCUT2D eigenvalue weighted by atomic mass is 16.8. The molecule has 0 spiro atoms. The Bertz CT molecular complexity index is 505. The molecule has 2 rings (SSSR count). The molecule has 5 nitrogen and oxygen atoms in total. The van der Waals surface area contributed by atoms with Crippen LogP contribution in [0.15, 0.2) is 42.2 Å². The van der Waals surface area contributed by atoms with Crippen molar-refractivity contribution < 1.29 is 23.8 Å². The Hall–Kier alpha value is -2.30. The zero-order chi connectivity index (χ0) is 13.2. The maximum Gasteiger partial charge on any atom is 0.398 e. The number of carbonyl (C=O) groups excluding carboxylic acids is 2. The van der Waals surface area contributed by atoms with E-state index in [-0.39, 0.29) is 0 Å². The van der Waals surface area contributed by atoms with Crippen molar-refractivity contribution in [1.29, 1.82) is 0 Å². The van der Waals surface area contributed by atoms with Gasteiger partial charge in [0, 0.05) is 5.56 Å². The highest BCUT2D eigenvalue weighted by molar-refractivity contribution is 5.89. The van der Waals surface area contributed by atoms with E-state index in [1.807, 2.05) is 0 Å². The second kappa shape index (κ2) is 4.52. The Labute approximate surface area is 104 Å². The molecule has 0 amide bonds. The number of allylic oxidation sites excluding steroid dienone is 1. The molecule has 1 aromatic rings. The largest absolute Gasteiger partial charge is 0.463 e. The SMILES string of the molecule is COC(=O)[C@]1(c2ccccc2)OC(=O)C=C(C)O1. The summed E-state index contributed by atoms with van der Waals surface area (Å²) < 4.78 is 15.2. The van der Waals surface area contributed by atoms with Crippen LogP contribution in [0, 0.1) is 0 Å². The average molecular weight is 248 g/mol. The van der Waals surface area contributed by atoms with E-state index >= 15 is 0 Å². The highest BCUT2D eigenvalue weighted by Gasteiger charge is 2.50. The second-order valence-corrected chi connectivity index (χ2v) is 3.75. The van der Waals surface area contributed by atoms with E-state index in [9.17, 15) is 9.59 Å². The van der Waals surface area contributed by atoms with Crippen molar-refractivity contribution in [3.63, 3.8) is 0 Å². The van der Waals surface area contributed by atoms with Crippen molar-refractivity contribution in [2.75, 3.05) is 7.11 Å². The maximum atomic E-state index is 11.9. The lowest BCUT2D eigenvalue weighted by molar-refractivity contribution is -0.239. The molecule has 0 aromatic heterocycles. The zero-order valence-corrected chi connectivity index (χ0v) is 10.0. The van der Waals surface area contributed by atoms with Crippen molar-refractivity contribution >= 4 is 11.9 Å². The van der Waals surface area contributed by atoms with Crippen molar-refractivity contribution in [3.8, 4) is 0 Å². The van der Waals surface area contributed by atoms with Crippen LogP contribution in [0.2, 0.25) is 0 Å². The molecular weight excluding hydrogens is 236 g/mol. The minimum absolute atomic E-state index is 0.292. The Morgan fingerprint density at radius 2 is 1.89 bits per heavy atom. The number of methoxy groups -OCH3 is 1. The van der Waals surface area contributed by atoms with Crippen LogP contribution in [0.25, 0.3) is 0 Å². The van der Waals surface area contributed by atoms with Gasteiger partial charge in [-0.1, -0.05) is 30.3 Å². The molecule has 5 heteroatoms. The Morgan fingerprint density at radius 3 is 2.44 bits per heavy atom. The zero-order valence-electron chi connectivity index (χ0n) is 10.0. The molecule has 1 aromatic carbocycles. The van der Waals surface area contributed by atoms with Gasteiger partial charge >= 0.3 is 17.7 Å². The Balaban J connectivity index is 2.53. The number of cyclic esters (lactones) is 1. The van der Waals surface area contributed by atoms with Crippen molar-refractivity contribution in [3.05, 3.63) is 47.7 Å². The number of carbonyl (C=O) groups is 2. The van der Waals surface area contributed by atoms with E-state index in [4.69, 9.17) is 9.47 Å². The van der Waals surface area contributed by atoms with Crippen LogP contribution in [-0.2, 0) is 29.6 Å². The lowest BCUT2D eigenvalue weighted by Crippen LogP contribution is -2.45. The molecule has 0 aliphatic carbocycles. The standard InChI is InChI=1S/C13H12O5/c1-9-8-11(14)18-13(17-9,12(15)16-2)10-6-4-3-5-7-10/h3-8H,1-2H3/t13-/m0/s1. The molecule has 1 aliphatic heterocycles. The Kier molecular flexibility index (Phi) is 3.06. The number of hydrogen-bond acceptors (Lipinski definition) is 5. The summed E-state index contributed by atoms with van der Waals surface area (Å²) in [5, 5.41) is 0. The van der Waals surface area contributed by atoms with Gasteiger partial charge in [-0.2, -0.15) is 0 Å². The fraction of sp³-hybridized carbons (Fsp3) is 0.231. The summed E-state index contributed by atoms with van der Waals surface area (Å²) in [7, 11) is 1.21. The van der Waals surface area contributed by atoms with Crippen LogP contribution in [0.1, 0.15) is 12.5 Å². The summed E-state index contributed by atoms with van der Waals surface area (Å²) in [4.78, 5) is 23.4. The topological polar surface area (TPSA) is 61.8 Å². The molecule has 0 saturated heterocycles. The van der Waals surface area contributed by atoms with E-state index in [2.05, 4.69) is 4.74 Å². The average Bonchev–Trinajstić information content (AvgIpc) is 2.37. The van der Waals surface area contributed by atoms with Crippen LogP contribution < -0.4 is 0 Å². The molecule has 1 aliphatic rings. The summed E-state index contributed by atoms with van der Waals surface area (Å²) in [6, 6.07) is 8.46. The van der Waals surface area contributed by atoms with Gasteiger partial charge in [-0.05, 0) is 6.92 Å². The van der Waals surface area contributed by atoms with Crippen molar-refractivity contribution in [1.82, 2.24) is 0 Å². The molecule has 0 radical (unpaired) electrons. The van der Waals surface area contributed by atoms with Crippen LogP contribution in [-0.4, -0.2) is 19.0 Å². The molecule has 0 saturated carbocycles. The van der Waals surface area contributed by atoms with Crippen LogP contribution in [0.5, 0.6) is 0 Å². The number of rotatable bonds is 2. The monoisotopic (exact) mass is 248 g/mol. The van der Waals surface area contributed by atoms with E-state index in [1.54, 1.807) is 37.3 Å². The molecule has 18 heavy (non-hydrogen) atoms. The van der Waals surface area contributed by atoms with Crippen LogP contribution in [0.3, 0.4) is 0 Å². The third-order valence-corrected chi connectivity index (χ3v) is 2.48. The van der Waals surface area contributed by atoms with Crippen LogP contribution in [0.4, 0.5) is 0 Å². The first-order valence-corrected chi connectivity index (χ1v) is 5.33. The molecule has 0 fully saturated rings. The first-order valence-electron chi connectivity index (χ1n) is 5.33. The lowest BCUT2D eigenvalue weighted by atomic mass is 10.0. The molecule has 0 N–H and O–H groups in total. The first kappa shape index (κ1) is 12.2. The number of benzene rings is 1. The smallest absolute Gasteiger partial charge is 0.398 e. The van der Waals surface area contributed by atoms with Crippen molar-refractivity contribution in [2.24, 2.45) is 0 Å². The normalized spacial score (nSPS) is 22.6. The van der Waals surface area contributed by atoms with Gasteiger partial charge < -0.3 is 14.2 Å². The van der Waals surface area contributed by atoms with Gasteiger partial charge in [0.15, 0.2) is 0 Å². The fourth-order valence-corrected chi connectivity index (χ4v) is 1.73. The minimum atomic E-state index is -1.86. The maximum absolute atomic E-state index is 11.9. The summed E-state index contributed by atoms with van der Waals surface area (Å²) >= 11 is 0. The predicted octanol–water partition coefficient (Wildman–Crippen LogP) is 1.49. The molecule has 94 valence electrons. The number of ether oxygens (including phenoxy) is 3. The van der Waals surface area contributed by atoms with Gasteiger partial charge in [0.25, 0.3) is 0 Å². The lowest BCUT2D eigenvalue weighted by Gasteiger charge is -2.33. The summed E-state index contributed by atoms with van der Waals surface area (Å²) in [5.41, 5.74) is 0.401. The number of hydrogen-bond donors (Lipinski definition) is 0. The van der Waals surface area contributed by atoms with Crippen LogP contribution >= 0.6 is 0 Å². The second-order valence-electron chi connectivity index (χ2n) is 3.75. The summed E-state index contributed by atoms with van der Waals surface area (Å²) in [5.74, 6) is -2.99. The van der Waals surface area contributed by atoms with Gasteiger partial charge in [0.2, 0.25) is 0 Å². The molecule has 1 atom stereocenters. The van der Waals surface area contributed by atoms with Gasteiger partial charge in [-0.25, -0.2) is 9.59 Å². The molecule has 0 bridgehead atoms. The highest BCUT2D eigenvalue weighted by Crippen LogP contribution is 2.34. The van der Waals surface area contributed by atoms with Crippen molar-refractivity contribution in [2.45, 2.75) is 12.7 Å². The van der Waals surface area contributed by atoms with Gasteiger partial charge in [-0.3, -0.25) is 0 Å². The minimum Gasteiger partial charge on any atom is -0.463 e. The van der Waals surface area contributed by atoms with Gasteiger partial charge in [0.1, 0.15) is 5.76 Å². The number of esters is 2. The predicted molar refractivity (Wildman–Crippen MR) is 61.1 cm³/mol. The van der Waals surface area contributed by atoms with E-state index in [0.29, 0.717) is 11.3 Å². The Morgan fingerprint density at radius 1 is 1.22 bits per heavy atom. The molecule has 0 unspecified atom stereocenters. The third kappa shape index (κ3) is 1.95. The van der Waals surface area contributed by atoms with E-state index in [1.165, 1.54) is 13.2 Å². The third-order valence-electron chi connectivity index (χ3n) is 2.48. The van der Waals surface area contributed by atoms with E-state index < -0.39 is 17.7 Å². The molecular formula is C13H12O5. The van der Waals surface area contributed by atoms with E-state index in [0.717, 1.165) is 0 Å². The molecule has 1 heterocycles.